The monoisotopic (exact) mass is 204 g/mol. The van der Waals surface area contributed by atoms with Crippen molar-refractivity contribution in [3.05, 3.63) is 0 Å². The van der Waals surface area contributed by atoms with Gasteiger partial charge in [0.1, 0.15) is 0 Å². The zero-order valence-electron chi connectivity index (χ0n) is 11.2. The quantitative estimate of drug-likeness (QED) is 0.648. The van der Waals surface area contributed by atoms with Crippen molar-refractivity contribution in [2.45, 2.75) is 60.2 Å². The lowest BCUT2D eigenvalue weighted by Crippen LogP contribution is -2.24. The van der Waals surface area contributed by atoms with Crippen molar-refractivity contribution in [2.24, 2.45) is 5.41 Å². The van der Waals surface area contributed by atoms with Crippen LogP contribution < -0.4 is 0 Å². The van der Waals surface area contributed by atoms with Crippen LogP contribution >= 0.6 is 0 Å². The molecule has 0 fully saturated rings. The summed E-state index contributed by atoms with van der Waals surface area (Å²) >= 11 is 0. The van der Waals surface area contributed by atoms with Gasteiger partial charge in [-0.1, -0.05) is 40.5 Å². The molecule has 0 radical (unpaired) electrons. The Morgan fingerprint density at radius 3 is 1.07 bits per heavy atom. The van der Waals surface area contributed by atoms with E-state index in [1.54, 1.807) is 14.2 Å². The van der Waals surface area contributed by atoms with Gasteiger partial charge in [0.25, 0.3) is 0 Å². The van der Waals surface area contributed by atoms with Gasteiger partial charge in [-0.05, 0) is 19.3 Å². The Hall–Kier alpha value is -0.0800. The molecule has 0 aliphatic heterocycles. The second-order valence-corrected chi connectivity index (χ2v) is 4.68. The third kappa shape index (κ3) is 10.0. The third-order valence-electron chi connectivity index (χ3n) is 2.90. The van der Waals surface area contributed by atoms with Gasteiger partial charge in [-0.2, -0.15) is 0 Å². The Bertz CT molecular complexity index is 100. The van der Waals surface area contributed by atoms with Crippen LogP contribution in [0.2, 0.25) is 0 Å². The summed E-state index contributed by atoms with van der Waals surface area (Å²) < 4.78 is 9.73. The van der Waals surface area contributed by atoms with Crippen LogP contribution in [-0.4, -0.2) is 20.0 Å². The van der Waals surface area contributed by atoms with Crippen molar-refractivity contribution in [2.75, 3.05) is 14.2 Å². The molecule has 0 rings (SSSR count). The first kappa shape index (κ1) is 16.4. The molecule has 0 unspecified atom stereocenters. The Kier molecular flexibility index (Phi) is 8.46. The molecule has 0 aromatic carbocycles. The van der Waals surface area contributed by atoms with Crippen molar-refractivity contribution >= 4 is 0 Å². The molecule has 0 aliphatic rings. The average Bonchev–Trinajstić information content (AvgIpc) is 2.19. The maximum absolute atomic E-state index is 4.86. The fourth-order valence-corrected chi connectivity index (χ4v) is 0.333. The van der Waals surface area contributed by atoms with E-state index < -0.39 is 5.79 Å². The van der Waals surface area contributed by atoms with E-state index >= 15 is 0 Å². The van der Waals surface area contributed by atoms with Crippen molar-refractivity contribution < 1.29 is 9.47 Å². The zero-order chi connectivity index (χ0) is 11.8. The highest BCUT2D eigenvalue weighted by Gasteiger charge is 2.12. The summed E-state index contributed by atoms with van der Waals surface area (Å²) in [5.41, 5.74) is 0.583. The van der Waals surface area contributed by atoms with Gasteiger partial charge in [-0.25, -0.2) is 0 Å². The van der Waals surface area contributed by atoms with Crippen LogP contribution in [0.5, 0.6) is 0 Å². The average molecular weight is 204 g/mol. The second kappa shape index (κ2) is 7.24. The third-order valence-corrected chi connectivity index (χ3v) is 2.90. The maximum atomic E-state index is 4.86. The fourth-order valence-electron chi connectivity index (χ4n) is 0.333. The molecule has 0 heterocycles. The van der Waals surface area contributed by atoms with Crippen molar-refractivity contribution in [3.8, 4) is 0 Å². The van der Waals surface area contributed by atoms with Crippen LogP contribution in [0.4, 0.5) is 0 Å². The second-order valence-electron chi connectivity index (χ2n) is 4.68. The Morgan fingerprint density at radius 1 is 0.786 bits per heavy atom. The standard InChI is InChI=1S/C7H16.C5H12O2/c1-5-7(3,4)6-2;1-5(2,6-3)7-4/h5-6H2,1-4H3;1-4H3. The highest BCUT2D eigenvalue weighted by molar-refractivity contribution is 4.61. The number of ether oxygens (including phenoxy) is 2. The van der Waals surface area contributed by atoms with E-state index in [0.29, 0.717) is 5.41 Å². The Balaban J connectivity index is 0. The summed E-state index contributed by atoms with van der Waals surface area (Å²) in [6, 6.07) is 0. The summed E-state index contributed by atoms with van der Waals surface area (Å²) in [7, 11) is 3.23. The lowest BCUT2D eigenvalue weighted by molar-refractivity contribution is -0.178. The predicted molar refractivity (Wildman–Crippen MR) is 62.5 cm³/mol. The topological polar surface area (TPSA) is 18.5 Å². The molecular weight excluding hydrogens is 176 g/mol. The first-order valence-corrected chi connectivity index (χ1v) is 5.35. The maximum Gasteiger partial charge on any atom is 0.161 e. The van der Waals surface area contributed by atoms with Crippen molar-refractivity contribution in [1.29, 1.82) is 0 Å². The van der Waals surface area contributed by atoms with Crippen LogP contribution in [0.1, 0.15) is 54.4 Å². The largest absolute Gasteiger partial charge is 0.354 e. The molecule has 0 spiro atoms. The number of hydrogen-bond donors (Lipinski definition) is 0. The van der Waals surface area contributed by atoms with Crippen LogP contribution in [0, 0.1) is 5.41 Å². The molecular formula is C12H28O2. The van der Waals surface area contributed by atoms with Crippen LogP contribution in [0.3, 0.4) is 0 Å². The fraction of sp³-hybridized carbons (Fsp3) is 1.00. The van der Waals surface area contributed by atoms with Crippen LogP contribution in [0.25, 0.3) is 0 Å². The minimum atomic E-state index is -0.417. The highest BCUT2D eigenvalue weighted by atomic mass is 16.7. The van der Waals surface area contributed by atoms with E-state index in [9.17, 15) is 0 Å². The van der Waals surface area contributed by atoms with Crippen LogP contribution in [-0.2, 0) is 9.47 Å². The summed E-state index contributed by atoms with van der Waals surface area (Å²) in [6.45, 7) is 12.8. The number of rotatable bonds is 4. The molecule has 0 atom stereocenters. The van der Waals surface area contributed by atoms with E-state index in [1.165, 1.54) is 12.8 Å². The van der Waals surface area contributed by atoms with Gasteiger partial charge in [0.15, 0.2) is 5.79 Å². The molecule has 2 nitrogen and oxygen atoms in total. The van der Waals surface area contributed by atoms with Gasteiger partial charge >= 0.3 is 0 Å². The zero-order valence-corrected chi connectivity index (χ0v) is 11.2. The Labute approximate surface area is 90.0 Å². The van der Waals surface area contributed by atoms with Gasteiger partial charge in [-0.15, -0.1) is 0 Å². The first-order chi connectivity index (χ1) is 6.24. The summed E-state index contributed by atoms with van der Waals surface area (Å²) in [4.78, 5) is 0. The van der Waals surface area contributed by atoms with E-state index in [1.807, 2.05) is 13.8 Å². The lowest BCUT2D eigenvalue weighted by atomic mass is 9.88. The van der Waals surface area contributed by atoms with E-state index in [4.69, 9.17) is 9.47 Å². The van der Waals surface area contributed by atoms with Gasteiger partial charge < -0.3 is 9.47 Å². The molecule has 0 saturated carbocycles. The molecule has 0 N–H and O–H groups in total. The van der Waals surface area contributed by atoms with Gasteiger partial charge in [0.2, 0.25) is 0 Å². The van der Waals surface area contributed by atoms with E-state index in [0.717, 1.165) is 0 Å². The number of methoxy groups -OCH3 is 2. The molecule has 14 heavy (non-hydrogen) atoms. The normalized spacial score (nSPS) is 12.0. The molecule has 2 heteroatoms. The molecule has 0 aromatic rings. The summed E-state index contributed by atoms with van der Waals surface area (Å²) in [5, 5.41) is 0. The van der Waals surface area contributed by atoms with E-state index in [2.05, 4.69) is 27.7 Å². The molecule has 0 aliphatic carbocycles. The minimum absolute atomic E-state index is 0.417. The Morgan fingerprint density at radius 2 is 1.07 bits per heavy atom. The summed E-state index contributed by atoms with van der Waals surface area (Å²) in [5.74, 6) is -0.417. The minimum Gasteiger partial charge on any atom is -0.354 e. The van der Waals surface area contributed by atoms with Crippen LogP contribution in [0.15, 0.2) is 0 Å². The highest BCUT2D eigenvalue weighted by Crippen LogP contribution is 2.22. The molecule has 88 valence electrons. The molecule has 0 bridgehead atoms. The summed E-state index contributed by atoms with van der Waals surface area (Å²) in [6.07, 6.45) is 2.59. The molecule has 0 aromatic heterocycles. The van der Waals surface area contributed by atoms with Gasteiger partial charge in [0, 0.05) is 14.2 Å². The SMILES string of the molecule is CCC(C)(C)CC.COC(C)(C)OC. The first-order valence-electron chi connectivity index (χ1n) is 5.35. The predicted octanol–water partition coefficient (Wildman–Crippen LogP) is 3.85. The molecule has 0 saturated heterocycles. The van der Waals surface area contributed by atoms with Gasteiger partial charge in [0.05, 0.1) is 0 Å². The van der Waals surface area contributed by atoms with Crippen molar-refractivity contribution in [1.82, 2.24) is 0 Å². The van der Waals surface area contributed by atoms with Crippen molar-refractivity contribution in [3.63, 3.8) is 0 Å². The van der Waals surface area contributed by atoms with E-state index in [-0.39, 0.29) is 0 Å². The lowest BCUT2D eigenvalue weighted by Gasteiger charge is -2.19. The smallest absolute Gasteiger partial charge is 0.161 e. The molecule has 0 amide bonds. The number of hydrogen-bond acceptors (Lipinski definition) is 2. The van der Waals surface area contributed by atoms with Gasteiger partial charge in [-0.3, -0.25) is 0 Å².